The third kappa shape index (κ3) is 6.63. The summed E-state index contributed by atoms with van der Waals surface area (Å²) >= 11 is 11.4. The lowest BCUT2D eigenvalue weighted by Crippen LogP contribution is -2.43. The van der Waals surface area contributed by atoms with Gasteiger partial charge in [0.1, 0.15) is 0 Å². The average molecular weight is 483 g/mol. The van der Waals surface area contributed by atoms with Gasteiger partial charge in [-0.3, -0.25) is 0 Å². The number of thiocarbonyl (C=S) groups is 2. The van der Waals surface area contributed by atoms with Crippen LogP contribution in [0.1, 0.15) is 23.2 Å². The molecule has 0 radical (unpaired) electrons. The third-order valence-corrected chi connectivity index (χ3v) is 5.73. The number of rotatable bonds is 7. The van der Waals surface area contributed by atoms with Crippen molar-refractivity contribution in [1.29, 1.82) is 0 Å². The fraction of sp³-hybridized carbons (Fsp3) is 0.0714. The Balaban J connectivity index is 1.62. The van der Waals surface area contributed by atoms with Crippen LogP contribution < -0.4 is 21.3 Å². The second-order valence-corrected chi connectivity index (χ2v) is 8.52. The highest BCUT2D eigenvalue weighted by atomic mass is 32.1. The average Bonchev–Trinajstić information content (AvgIpc) is 2.88. The highest BCUT2D eigenvalue weighted by Crippen LogP contribution is 2.29. The Hall–Kier alpha value is -3.74. The molecule has 0 unspecified atom stereocenters. The molecule has 0 saturated carbocycles. The normalized spacial score (nSPS) is 12.1. The summed E-state index contributed by atoms with van der Waals surface area (Å²) in [7, 11) is 0. The van der Waals surface area contributed by atoms with Gasteiger partial charge in [0.15, 0.2) is 10.2 Å². The van der Waals surface area contributed by atoms with Crippen molar-refractivity contribution in [2.24, 2.45) is 0 Å². The molecule has 0 heterocycles. The first-order valence-corrected chi connectivity index (χ1v) is 11.9. The molecule has 0 bridgehead atoms. The molecule has 4 rings (SSSR count). The van der Waals surface area contributed by atoms with E-state index in [0.717, 1.165) is 22.5 Å². The Labute approximate surface area is 211 Å². The molecule has 170 valence electrons. The number of nitrogens with one attached hydrogen (secondary N) is 4. The first-order valence-electron chi connectivity index (χ1n) is 11.0. The van der Waals surface area contributed by atoms with Crippen LogP contribution in [0, 0.1) is 0 Å². The second-order valence-electron chi connectivity index (χ2n) is 7.71. The van der Waals surface area contributed by atoms with Gasteiger partial charge in [-0.15, -0.1) is 0 Å². The van der Waals surface area contributed by atoms with Gasteiger partial charge in [0.2, 0.25) is 0 Å². The second kappa shape index (κ2) is 11.9. The van der Waals surface area contributed by atoms with E-state index in [1.807, 2.05) is 97.1 Å². The molecule has 4 N–H and O–H groups in total. The molecule has 2 atom stereocenters. The predicted molar refractivity (Wildman–Crippen MR) is 150 cm³/mol. The van der Waals surface area contributed by atoms with Crippen molar-refractivity contribution in [3.8, 4) is 0 Å². The summed E-state index contributed by atoms with van der Waals surface area (Å²) in [6.07, 6.45) is 0. The SMILES string of the molecule is S=C(Nc1ccccc1)N[C@H](c1ccccc1)[C@H](NC(=S)Nc1ccccc1)c1ccccc1. The van der Waals surface area contributed by atoms with Crippen LogP contribution in [0.5, 0.6) is 0 Å². The Morgan fingerprint density at radius 2 is 0.735 bits per heavy atom. The van der Waals surface area contributed by atoms with Crippen molar-refractivity contribution in [2.75, 3.05) is 10.6 Å². The van der Waals surface area contributed by atoms with Gasteiger partial charge in [-0.05, 0) is 59.8 Å². The number of benzene rings is 4. The Morgan fingerprint density at radius 1 is 0.441 bits per heavy atom. The Bertz CT molecular complexity index is 1090. The van der Waals surface area contributed by atoms with Crippen LogP contribution in [0.4, 0.5) is 11.4 Å². The first kappa shape index (κ1) is 23.4. The number of para-hydroxylation sites is 2. The molecule has 0 spiro atoms. The molecule has 6 heteroatoms. The van der Waals surface area contributed by atoms with Crippen molar-refractivity contribution in [1.82, 2.24) is 10.6 Å². The van der Waals surface area contributed by atoms with E-state index >= 15 is 0 Å². The van der Waals surface area contributed by atoms with Crippen LogP contribution in [0.25, 0.3) is 0 Å². The molecule has 4 aromatic rings. The highest BCUT2D eigenvalue weighted by molar-refractivity contribution is 7.80. The quantitative estimate of drug-likeness (QED) is 0.227. The van der Waals surface area contributed by atoms with E-state index in [2.05, 4.69) is 45.5 Å². The molecule has 4 nitrogen and oxygen atoms in total. The summed E-state index contributed by atoms with van der Waals surface area (Å²) < 4.78 is 0. The summed E-state index contributed by atoms with van der Waals surface area (Å²) in [5.74, 6) is 0. The predicted octanol–water partition coefficient (Wildman–Crippen LogP) is 6.44. The van der Waals surface area contributed by atoms with E-state index in [-0.39, 0.29) is 12.1 Å². The van der Waals surface area contributed by atoms with Gasteiger partial charge in [-0.1, -0.05) is 97.1 Å². The van der Waals surface area contributed by atoms with Crippen LogP contribution in [-0.2, 0) is 0 Å². The largest absolute Gasteiger partial charge is 0.353 e. The lowest BCUT2D eigenvalue weighted by molar-refractivity contribution is 0.488. The van der Waals surface area contributed by atoms with Gasteiger partial charge in [-0.25, -0.2) is 0 Å². The molecule has 0 fully saturated rings. The van der Waals surface area contributed by atoms with Gasteiger partial charge in [0.05, 0.1) is 12.1 Å². The maximum atomic E-state index is 5.70. The molecule has 0 aromatic heterocycles. The summed E-state index contributed by atoms with van der Waals surface area (Å²) in [5, 5.41) is 14.7. The van der Waals surface area contributed by atoms with Gasteiger partial charge >= 0.3 is 0 Å². The fourth-order valence-electron chi connectivity index (χ4n) is 3.70. The zero-order chi connectivity index (χ0) is 23.6. The van der Waals surface area contributed by atoms with E-state index in [1.54, 1.807) is 0 Å². The lowest BCUT2D eigenvalue weighted by Gasteiger charge is -2.32. The number of anilines is 2. The zero-order valence-corrected chi connectivity index (χ0v) is 20.2. The molecule has 0 aliphatic rings. The third-order valence-electron chi connectivity index (χ3n) is 5.29. The molecule has 0 aliphatic carbocycles. The van der Waals surface area contributed by atoms with Gasteiger partial charge in [-0.2, -0.15) is 0 Å². The van der Waals surface area contributed by atoms with Crippen LogP contribution in [0.3, 0.4) is 0 Å². The molecule has 0 saturated heterocycles. The summed E-state index contributed by atoms with van der Waals surface area (Å²) in [4.78, 5) is 0. The Morgan fingerprint density at radius 3 is 1.06 bits per heavy atom. The van der Waals surface area contributed by atoms with Crippen molar-refractivity contribution < 1.29 is 0 Å². The fourth-order valence-corrected chi connectivity index (χ4v) is 4.19. The minimum Gasteiger partial charge on any atom is -0.353 e. The summed E-state index contributed by atoms with van der Waals surface area (Å²) in [5.41, 5.74) is 4.03. The van der Waals surface area contributed by atoms with E-state index in [0.29, 0.717) is 10.2 Å². The molecular weight excluding hydrogens is 456 g/mol. The number of hydrogen-bond donors (Lipinski definition) is 4. The smallest absolute Gasteiger partial charge is 0.171 e. The maximum Gasteiger partial charge on any atom is 0.171 e. The van der Waals surface area contributed by atoms with Crippen LogP contribution in [0.2, 0.25) is 0 Å². The molecular formula is C28H26N4S2. The summed E-state index contributed by atoms with van der Waals surface area (Å²) in [6.45, 7) is 0. The van der Waals surface area contributed by atoms with E-state index in [1.165, 1.54) is 0 Å². The van der Waals surface area contributed by atoms with Crippen LogP contribution >= 0.6 is 24.4 Å². The van der Waals surface area contributed by atoms with Crippen molar-refractivity contribution in [3.05, 3.63) is 132 Å². The van der Waals surface area contributed by atoms with E-state index in [9.17, 15) is 0 Å². The standard InChI is InChI=1S/C28H26N4S2/c33-27(29-23-17-9-3-10-18-23)31-25(21-13-5-1-6-14-21)26(22-15-7-2-8-16-22)32-28(34)30-24-19-11-4-12-20-24/h1-20,25-26H,(H2,29,31,33)(H2,30,32,34)/t25-,26-/m1/s1. The molecule has 0 aliphatic heterocycles. The monoisotopic (exact) mass is 482 g/mol. The van der Waals surface area contributed by atoms with Crippen LogP contribution in [-0.4, -0.2) is 10.2 Å². The Kier molecular flexibility index (Phi) is 8.22. The first-order chi connectivity index (χ1) is 16.7. The van der Waals surface area contributed by atoms with Crippen molar-refractivity contribution >= 4 is 46.0 Å². The maximum absolute atomic E-state index is 5.70. The number of hydrogen-bond acceptors (Lipinski definition) is 2. The van der Waals surface area contributed by atoms with Gasteiger partial charge in [0.25, 0.3) is 0 Å². The van der Waals surface area contributed by atoms with Crippen molar-refractivity contribution in [3.63, 3.8) is 0 Å². The minimum atomic E-state index is -0.192. The van der Waals surface area contributed by atoms with Crippen LogP contribution in [0.15, 0.2) is 121 Å². The molecule has 0 amide bonds. The van der Waals surface area contributed by atoms with Crippen molar-refractivity contribution in [2.45, 2.75) is 12.1 Å². The topological polar surface area (TPSA) is 48.1 Å². The van der Waals surface area contributed by atoms with E-state index < -0.39 is 0 Å². The molecule has 34 heavy (non-hydrogen) atoms. The molecule has 4 aromatic carbocycles. The van der Waals surface area contributed by atoms with E-state index in [4.69, 9.17) is 24.4 Å². The lowest BCUT2D eigenvalue weighted by atomic mass is 9.93. The zero-order valence-electron chi connectivity index (χ0n) is 18.5. The van der Waals surface area contributed by atoms with Gasteiger partial charge < -0.3 is 21.3 Å². The summed E-state index contributed by atoms with van der Waals surface area (Å²) in [6, 6.07) is 39.9. The highest BCUT2D eigenvalue weighted by Gasteiger charge is 2.26. The van der Waals surface area contributed by atoms with Gasteiger partial charge in [0, 0.05) is 11.4 Å². The minimum absolute atomic E-state index is 0.192.